The van der Waals surface area contributed by atoms with Gasteiger partial charge in [-0.15, -0.1) is 0 Å². The molecule has 2 aromatic carbocycles. The monoisotopic (exact) mass is 507 g/mol. The molecule has 0 saturated heterocycles. The van der Waals surface area contributed by atoms with Crippen LogP contribution in [-0.2, 0) is 20.1 Å². The second kappa shape index (κ2) is 8.91. The number of halogens is 2. The van der Waals surface area contributed by atoms with Crippen molar-refractivity contribution in [3.05, 3.63) is 91.7 Å². The third kappa shape index (κ3) is 4.15. The molecule has 10 heteroatoms. The number of carboxylic acid groups (broad SMARTS) is 1. The second-order valence-electron chi connectivity index (χ2n) is 9.00. The molecule has 0 saturated carbocycles. The highest BCUT2D eigenvalue weighted by Crippen LogP contribution is 2.31. The molecule has 0 aliphatic carbocycles. The van der Waals surface area contributed by atoms with E-state index in [0.717, 1.165) is 22.3 Å². The van der Waals surface area contributed by atoms with Crippen LogP contribution in [0.15, 0.2) is 47.3 Å². The van der Waals surface area contributed by atoms with Gasteiger partial charge in [0.05, 0.1) is 22.6 Å². The van der Waals surface area contributed by atoms with E-state index in [1.807, 2.05) is 24.8 Å². The van der Waals surface area contributed by atoms with Gasteiger partial charge in [0.2, 0.25) is 5.95 Å². The summed E-state index contributed by atoms with van der Waals surface area (Å²) >= 11 is 5.89. The lowest BCUT2D eigenvalue weighted by molar-refractivity contribution is 0.0691. The fourth-order valence-electron chi connectivity index (χ4n) is 4.68. The van der Waals surface area contributed by atoms with E-state index in [4.69, 9.17) is 16.6 Å². The molecule has 4 aromatic rings. The number of aryl methyl sites for hydroxylation is 1. The Kier molecular flexibility index (Phi) is 5.88. The Labute approximate surface area is 211 Å². The maximum Gasteiger partial charge on any atom is 0.356 e. The van der Waals surface area contributed by atoms with Gasteiger partial charge in [-0.1, -0.05) is 23.7 Å². The summed E-state index contributed by atoms with van der Waals surface area (Å²) in [6.07, 6.45) is 0. The molecule has 184 valence electrons. The Balaban J connectivity index is 1.60. The molecule has 2 aromatic heterocycles. The number of carboxylic acids is 1. The molecule has 1 aliphatic heterocycles. The first-order valence-corrected chi connectivity index (χ1v) is 11.7. The minimum Gasteiger partial charge on any atom is -0.476 e. The van der Waals surface area contributed by atoms with Crippen molar-refractivity contribution in [3.63, 3.8) is 0 Å². The van der Waals surface area contributed by atoms with E-state index in [9.17, 15) is 19.1 Å². The van der Waals surface area contributed by atoms with Gasteiger partial charge in [-0.2, -0.15) is 0 Å². The van der Waals surface area contributed by atoms with Crippen LogP contribution in [0.2, 0.25) is 5.15 Å². The zero-order valence-corrected chi connectivity index (χ0v) is 20.6. The van der Waals surface area contributed by atoms with Gasteiger partial charge in [-0.05, 0) is 60.9 Å². The van der Waals surface area contributed by atoms with E-state index in [0.29, 0.717) is 35.6 Å². The summed E-state index contributed by atoms with van der Waals surface area (Å²) in [4.78, 5) is 35.9. The predicted molar refractivity (Wildman–Crippen MR) is 136 cm³/mol. The Morgan fingerprint density at radius 1 is 1.14 bits per heavy atom. The van der Waals surface area contributed by atoms with E-state index in [1.165, 1.54) is 22.8 Å². The van der Waals surface area contributed by atoms with Crippen molar-refractivity contribution < 1.29 is 14.3 Å². The van der Waals surface area contributed by atoms with Crippen molar-refractivity contribution in [3.8, 4) is 0 Å². The van der Waals surface area contributed by atoms with E-state index in [-0.39, 0.29) is 22.2 Å². The van der Waals surface area contributed by atoms with Crippen LogP contribution in [0.1, 0.15) is 45.7 Å². The van der Waals surface area contributed by atoms with E-state index in [2.05, 4.69) is 10.3 Å². The molecule has 0 radical (unpaired) electrons. The number of benzene rings is 2. The maximum atomic E-state index is 13.8. The first-order valence-electron chi connectivity index (χ1n) is 11.3. The summed E-state index contributed by atoms with van der Waals surface area (Å²) in [5.74, 6) is -1.03. The number of aromatic carboxylic acids is 1. The highest BCUT2D eigenvalue weighted by Gasteiger charge is 2.25. The Hall–Kier alpha value is -3.98. The fraction of sp³-hybridized carbons (Fsp3) is 0.231. The molecule has 0 amide bonds. The van der Waals surface area contributed by atoms with Crippen molar-refractivity contribution >= 4 is 40.1 Å². The van der Waals surface area contributed by atoms with Gasteiger partial charge < -0.3 is 15.3 Å². The minimum absolute atomic E-state index is 0.0768. The molecule has 2 N–H and O–H groups in total. The zero-order valence-electron chi connectivity index (χ0n) is 19.8. The summed E-state index contributed by atoms with van der Waals surface area (Å²) in [5, 5.41) is 13.3. The summed E-state index contributed by atoms with van der Waals surface area (Å²) in [7, 11) is 1.68. The number of aromatic nitrogens is 3. The summed E-state index contributed by atoms with van der Waals surface area (Å²) in [6.45, 7) is 4.70. The zero-order chi connectivity index (χ0) is 25.7. The van der Waals surface area contributed by atoms with Crippen LogP contribution in [0.4, 0.5) is 16.0 Å². The predicted octanol–water partition coefficient (Wildman–Crippen LogP) is 4.82. The number of carbonyl (C=O) groups is 1. The number of pyridine rings is 1. The molecular weight excluding hydrogens is 485 g/mol. The minimum atomic E-state index is -1.21. The molecule has 1 unspecified atom stereocenters. The number of anilines is 2. The van der Waals surface area contributed by atoms with Crippen molar-refractivity contribution in [2.75, 3.05) is 10.2 Å². The van der Waals surface area contributed by atoms with Gasteiger partial charge in [-0.3, -0.25) is 9.36 Å². The van der Waals surface area contributed by atoms with Crippen LogP contribution in [0.3, 0.4) is 0 Å². The average molecular weight is 508 g/mol. The number of nitrogens with one attached hydrogen (secondary N) is 1. The van der Waals surface area contributed by atoms with Gasteiger partial charge in [0.25, 0.3) is 5.56 Å². The smallest absolute Gasteiger partial charge is 0.356 e. The van der Waals surface area contributed by atoms with Crippen molar-refractivity contribution in [2.24, 2.45) is 7.05 Å². The lowest BCUT2D eigenvalue weighted by Gasteiger charge is -2.23. The van der Waals surface area contributed by atoms with Gasteiger partial charge in [0.1, 0.15) is 11.0 Å². The molecule has 36 heavy (non-hydrogen) atoms. The molecule has 5 rings (SSSR count). The third-order valence-corrected chi connectivity index (χ3v) is 6.62. The van der Waals surface area contributed by atoms with Crippen LogP contribution in [0.5, 0.6) is 0 Å². The molecule has 0 fully saturated rings. The van der Waals surface area contributed by atoms with Crippen molar-refractivity contribution in [2.45, 2.75) is 33.0 Å². The number of nitrogens with zero attached hydrogens (tertiary/aromatic N) is 4. The number of hydrogen-bond acceptors (Lipinski definition) is 6. The Bertz CT molecular complexity index is 1600. The normalized spacial score (nSPS) is 13.6. The molecular formula is C26H23ClFN5O3. The number of fused-ring (bicyclic) bond motifs is 2. The fourth-order valence-corrected chi connectivity index (χ4v) is 4.83. The molecule has 1 aliphatic rings. The van der Waals surface area contributed by atoms with Gasteiger partial charge >= 0.3 is 5.97 Å². The largest absolute Gasteiger partial charge is 0.476 e. The van der Waals surface area contributed by atoms with Crippen LogP contribution < -0.4 is 15.8 Å². The van der Waals surface area contributed by atoms with E-state index >= 15 is 0 Å². The lowest BCUT2D eigenvalue weighted by Crippen LogP contribution is -2.28. The average Bonchev–Trinajstić information content (AvgIpc) is 3.25. The van der Waals surface area contributed by atoms with Crippen molar-refractivity contribution in [1.82, 2.24) is 14.5 Å². The van der Waals surface area contributed by atoms with Crippen LogP contribution in [-0.4, -0.2) is 25.6 Å². The standard InChI is InChI=1S/C26H23ClFN5O3/c1-13-8-18(14(2)29-20-6-7-21(27)30-23(20)25(35)36)22-19(9-13)24(34)32(3)26(31-22)33-11-15-4-5-17(28)10-16(15)12-33/h4-10,14,29H,11-12H2,1-3H3,(H,35,36). The van der Waals surface area contributed by atoms with Gasteiger partial charge in [0, 0.05) is 25.7 Å². The van der Waals surface area contributed by atoms with Gasteiger partial charge in [0.15, 0.2) is 5.69 Å². The molecule has 0 spiro atoms. The van der Waals surface area contributed by atoms with Crippen LogP contribution in [0.25, 0.3) is 10.9 Å². The maximum absolute atomic E-state index is 13.8. The topological polar surface area (TPSA) is 100 Å². The lowest BCUT2D eigenvalue weighted by atomic mass is 10.0. The highest BCUT2D eigenvalue weighted by atomic mass is 35.5. The number of hydrogen-bond donors (Lipinski definition) is 2. The molecule has 1 atom stereocenters. The molecule has 3 heterocycles. The second-order valence-corrected chi connectivity index (χ2v) is 9.38. The highest BCUT2D eigenvalue weighted by molar-refractivity contribution is 6.29. The molecule has 8 nitrogen and oxygen atoms in total. The SMILES string of the molecule is Cc1cc(C(C)Nc2ccc(Cl)nc2C(=O)O)c2nc(N3Cc4ccc(F)cc4C3)n(C)c(=O)c2c1. The van der Waals surface area contributed by atoms with Crippen LogP contribution in [0, 0.1) is 12.7 Å². The van der Waals surface area contributed by atoms with E-state index in [1.54, 1.807) is 25.2 Å². The first kappa shape index (κ1) is 23.7. The first-order chi connectivity index (χ1) is 17.1. The Morgan fingerprint density at radius 2 is 1.89 bits per heavy atom. The summed E-state index contributed by atoms with van der Waals surface area (Å²) in [6, 6.07) is 11.1. The third-order valence-electron chi connectivity index (χ3n) is 6.41. The van der Waals surface area contributed by atoms with E-state index < -0.39 is 12.0 Å². The summed E-state index contributed by atoms with van der Waals surface area (Å²) in [5.41, 5.74) is 3.87. The number of rotatable bonds is 5. The van der Waals surface area contributed by atoms with Gasteiger partial charge in [-0.25, -0.2) is 19.2 Å². The molecule has 0 bridgehead atoms. The van der Waals surface area contributed by atoms with Crippen LogP contribution >= 0.6 is 11.6 Å². The van der Waals surface area contributed by atoms with Crippen molar-refractivity contribution in [1.29, 1.82) is 0 Å². The Morgan fingerprint density at radius 3 is 2.64 bits per heavy atom. The summed E-state index contributed by atoms with van der Waals surface area (Å²) < 4.78 is 15.3. The quantitative estimate of drug-likeness (QED) is 0.373.